The summed E-state index contributed by atoms with van der Waals surface area (Å²) in [4.78, 5) is 25.8. The largest absolute Gasteiger partial charge is 0.469 e. The summed E-state index contributed by atoms with van der Waals surface area (Å²) in [6, 6.07) is 0. The lowest BCUT2D eigenvalue weighted by Gasteiger charge is -2.70. The van der Waals surface area contributed by atoms with Crippen molar-refractivity contribution in [3.8, 4) is 0 Å². The summed E-state index contributed by atoms with van der Waals surface area (Å²) in [5.74, 6) is 2.54. The van der Waals surface area contributed by atoms with Crippen LogP contribution in [0, 0.1) is 40.4 Å². The van der Waals surface area contributed by atoms with E-state index in [0.717, 1.165) is 25.7 Å². The second-order valence-corrected chi connectivity index (χ2v) is 11.2. The van der Waals surface area contributed by atoms with Gasteiger partial charge in [-0.1, -0.05) is 20.8 Å². The molecule has 0 unspecified atom stereocenters. The minimum absolute atomic E-state index is 0.00366. The van der Waals surface area contributed by atoms with Crippen molar-refractivity contribution in [3.63, 3.8) is 0 Å². The van der Waals surface area contributed by atoms with Gasteiger partial charge in [0.15, 0.2) is 5.78 Å². The van der Waals surface area contributed by atoms with Crippen molar-refractivity contribution in [2.45, 2.75) is 90.3 Å². The van der Waals surface area contributed by atoms with Crippen LogP contribution in [0.1, 0.15) is 78.6 Å². The Morgan fingerprint density at radius 2 is 1.93 bits per heavy atom. The van der Waals surface area contributed by atoms with Crippen molar-refractivity contribution >= 4 is 11.8 Å². The fourth-order valence-corrected chi connectivity index (χ4v) is 9.08. The first-order valence-electron chi connectivity index (χ1n) is 11.5. The molecule has 0 radical (unpaired) electrons. The second-order valence-electron chi connectivity index (χ2n) is 11.2. The van der Waals surface area contributed by atoms with Crippen molar-refractivity contribution < 1.29 is 19.1 Å². The van der Waals surface area contributed by atoms with Crippen LogP contribution in [-0.4, -0.2) is 30.6 Å². The minimum atomic E-state index is -0.512. The van der Waals surface area contributed by atoms with E-state index in [0.29, 0.717) is 48.4 Å². The average molecular weight is 389 g/mol. The number of carbonyl (C=O) groups excluding carboxylic acids is 2. The number of rotatable bonds is 3. The molecule has 6 aliphatic rings. The van der Waals surface area contributed by atoms with Gasteiger partial charge in [0.2, 0.25) is 0 Å². The third-order valence-corrected chi connectivity index (χ3v) is 10.3. The monoisotopic (exact) mass is 388 g/mol. The quantitative estimate of drug-likeness (QED) is 0.666. The smallest absolute Gasteiger partial charge is 0.305 e. The maximum atomic E-state index is 13.9. The molecule has 0 N–H and O–H groups in total. The fourth-order valence-electron chi connectivity index (χ4n) is 9.08. The van der Waals surface area contributed by atoms with Crippen molar-refractivity contribution in [3.05, 3.63) is 0 Å². The van der Waals surface area contributed by atoms with Gasteiger partial charge in [-0.25, -0.2) is 0 Å². The third kappa shape index (κ3) is 2.16. The highest BCUT2D eigenvalue weighted by Crippen LogP contribution is 2.72. The number of Topliss-reactive ketones (excluding diaryl/α,β-unsaturated/α-hetero) is 1. The molecule has 6 rings (SSSR count). The predicted molar refractivity (Wildman–Crippen MR) is 106 cm³/mol. The van der Waals surface area contributed by atoms with Gasteiger partial charge in [-0.15, -0.1) is 0 Å². The minimum Gasteiger partial charge on any atom is -0.469 e. The number of esters is 1. The van der Waals surface area contributed by atoms with Crippen LogP contribution < -0.4 is 0 Å². The standard InChI is InChI=1S/C24H36O4/c1-14(11-21(26)27-4)17-7-8-18-19-6-5-15-12-16-9-10-23(15,3)24(19,28-16)20(25)13-22(17,18)2/h14-19H,5-13H2,1-4H3/t14-,15-,16+,17-,18-,19+,22+,23-,24-/m0/s1. The van der Waals surface area contributed by atoms with Gasteiger partial charge < -0.3 is 9.47 Å². The molecule has 0 aromatic heterocycles. The molecule has 0 aromatic carbocycles. The molecule has 4 heteroatoms. The number of ketones is 1. The van der Waals surface area contributed by atoms with Gasteiger partial charge in [-0.05, 0) is 80.0 Å². The van der Waals surface area contributed by atoms with E-state index >= 15 is 0 Å². The van der Waals surface area contributed by atoms with E-state index in [2.05, 4.69) is 20.8 Å². The van der Waals surface area contributed by atoms with Crippen LogP contribution >= 0.6 is 0 Å². The Bertz CT molecular complexity index is 703. The Labute approximate surface area is 169 Å². The molecule has 4 saturated carbocycles. The number of hydrogen-bond donors (Lipinski definition) is 0. The Balaban J connectivity index is 1.50. The molecule has 4 aliphatic carbocycles. The molecule has 2 heterocycles. The first kappa shape index (κ1) is 19.1. The molecule has 28 heavy (non-hydrogen) atoms. The van der Waals surface area contributed by atoms with Crippen molar-refractivity contribution in [2.24, 2.45) is 40.4 Å². The lowest BCUT2D eigenvalue weighted by atomic mass is 9.40. The molecule has 1 spiro atoms. The zero-order chi connectivity index (χ0) is 19.9. The van der Waals surface area contributed by atoms with Gasteiger partial charge in [0.25, 0.3) is 0 Å². The summed E-state index contributed by atoms with van der Waals surface area (Å²) in [5, 5.41) is 0. The zero-order valence-electron chi connectivity index (χ0n) is 18.0. The van der Waals surface area contributed by atoms with E-state index in [4.69, 9.17) is 9.47 Å². The Morgan fingerprint density at radius 3 is 2.68 bits per heavy atom. The van der Waals surface area contributed by atoms with Crippen LogP contribution in [0.15, 0.2) is 0 Å². The highest BCUT2D eigenvalue weighted by Gasteiger charge is 2.74. The summed E-state index contributed by atoms with van der Waals surface area (Å²) < 4.78 is 11.7. The topological polar surface area (TPSA) is 52.6 Å². The van der Waals surface area contributed by atoms with Gasteiger partial charge in [-0.3, -0.25) is 9.59 Å². The second kappa shape index (κ2) is 6.06. The summed E-state index contributed by atoms with van der Waals surface area (Å²) >= 11 is 0. The molecule has 4 bridgehead atoms. The van der Waals surface area contributed by atoms with Gasteiger partial charge >= 0.3 is 5.97 Å². The van der Waals surface area contributed by atoms with Crippen LogP contribution in [0.3, 0.4) is 0 Å². The maximum Gasteiger partial charge on any atom is 0.305 e. The van der Waals surface area contributed by atoms with E-state index in [1.54, 1.807) is 0 Å². The number of methoxy groups -OCH3 is 1. The summed E-state index contributed by atoms with van der Waals surface area (Å²) in [7, 11) is 1.47. The van der Waals surface area contributed by atoms with Gasteiger partial charge in [0, 0.05) is 18.3 Å². The number of carbonyl (C=O) groups is 2. The van der Waals surface area contributed by atoms with Gasteiger partial charge in [-0.2, -0.15) is 0 Å². The van der Waals surface area contributed by atoms with Crippen LogP contribution in [-0.2, 0) is 19.1 Å². The molecule has 156 valence electrons. The molecular formula is C24H36O4. The third-order valence-electron chi connectivity index (χ3n) is 10.3. The highest BCUT2D eigenvalue weighted by atomic mass is 16.5. The van der Waals surface area contributed by atoms with Crippen molar-refractivity contribution in [2.75, 3.05) is 7.11 Å². The maximum absolute atomic E-state index is 13.9. The predicted octanol–water partition coefficient (Wildman–Crippen LogP) is 4.54. The molecule has 9 atom stereocenters. The summed E-state index contributed by atoms with van der Waals surface area (Å²) in [6.07, 6.45) is 9.60. The van der Waals surface area contributed by atoms with E-state index in [-0.39, 0.29) is 22.7 Å². The lowest BCUT2D eigenvalue weighted by molar-refractivity contribution is -0.307. The first-order chi connectivity index (χ1) is 13.3. The van der Waals surface area contributed by atoms with Crippen LogP contribution in [0.25, 0.3) is 0 Å². The summed E-state index contributed by atoms with van der Waals surface area (Å²) in [5.41, 5.74) is -0.468. The Hall–Kier alpha value is -0.900. The van der Waals surface area contributed by atoms with E-state index in [1.165, 1.54) is 26.4 Å². The molecule has 0 aromatic rings. The van der Waals surface area contributed by atoms with Crippen LogP contribution in [0.5, 0.6) is 0 Å². The average Bonchev–Trinajstić information content (AvgIpc) is 2.98. The van der Waals surface area contributed by atoms with Crippen LogP contribution in [0.2, 0.25) is 0 Å². The van der Waals surface area contributed by atoms with E-state index in [9.17, 15) is 9.59 Å². The normalized spacial score (nSPS) is 52.7. The highest BCUT2D eigenvalue weighted by molar-refractivity contribution is 5.91. The molecule has 2 saturated heterocycles. The fraction of sp³-hybridized carbons (Fsp3) is 0.917. The molecule has 2 aliphatic heterocycles. The Morgan fingerprint density at radius 1 is 1.18 bits per heavy atom. The molecule has 0 amide bonds. The molecule has 6 fully saturated rings. The molecule has 4 nitrogen and oxygen atoms in total. The van der Waals surface area contributed by atoms with Gasteiger partial charge in [0.05, 0.1) is 13.2 Å². The lowest BCUT2D eigenvalue weighted by Crippen LogP contribution is -2.75. The van der Waals surface area contributed by atoms with E-state index < -0.39 is 5.60 Å². The van der Waals surface area contributed by atoms with Crippen molar-refractivity contribution in [1.29, 1.82) is 0 Å². The Kier molecular flexibility index (Phi) is 4.13. The zero-order valence-corrected chi connectivity index (χ0v) is 18.0. The number of hydrogen-bond acceptors (Lipinski definition) is 4. The van der Waals surface area contributed by atoms with Crippen LogP contribution in [0.4, 0.5) is 0 Å². The molecular weight excluding hydrogens is 352 g/mol. The summed E-state index contributed by atoms with van der Waals surface area (Å²) in [6.45, 7) is 6.91. The first-order valence-corrected chi connectivity index (χ1v) is 11.5. The SMILES string of the molecule is COC(=O)C[C@H](C)[C@@H]1CC[C@H]2[C@H]3CC[C@H]4C[C@H]5CC[C@]4(C)[C@@]3(O5)C(=O)C[C@@]21C. The number of fused-ring (bicyclic) bond motifs is 3. The van der Waals surface area contributed by atoms with Crippen molar-refractivity contribution in [1.82, 2.24) is 0 Å². The van der Waals surface area contributed by atoms with E-state index in [1.807, 2.05) is 0 Å². The number of ether oxygens (including phenoxy) is 2. The van der Waals surface area contributed by atoms with Gasteiger partial charge in [0.1, 0.15) is 5.60 Å².